The van der Waals surface area contributed by atoms with E-state index in [2.05, 4.69) is 15.9 Å². The Morgan fingerprint density at radius 1 is 1.43 bits per heavy atom. The Hall–Kier alpha value is -0.670. The number of hydrogen-bond acceptors (Lipinski definition) is 2. The highest BCUT2D eigenvalue weighted by Crippen LogP contribution is 2.09. The third-order valence-corrected chi connectivity index (χ3v) is 2.50. The molecule has 14 heavy (non-hydrogen) atoms. The van der Waals surface area contributed by atoms with Crippen molar-refractivity contribution in [2.75, 3.05) is 11.9 Å². The maximum absolute atomic E-state index is 11.3. The van der Waals surface area contributed by atoms with Gasteiger partial charge in [0.05, 0.1) is 5.33 Å². The van der Waals surface area contributed by atoms with Crippen molar-refractivity contribution in [3.05, 3.63) is 35.4 Å². The molecule has 0 saturated heterocycles. The van der Waals surface area contributed by atoms with Crippen LogP contribution in [0, 0.1) is 0 Å². The van der Waals surface area contributed by atoms with E-state index in [9.17, 15) is 4.79 Å². The molecule has 76 valence electrons. The number of aryl methyl sites for hydroxylation is 1. The van der Waals surface area contributed by atoms with Gasteiger partial charge in [-0.2, -0.15) is 0 Å². The Morgan fingerprint density at radius 3 is 2.86 bits per heavy atom. The van der Waals surface area contributed by atoms with E-state index in [4.69, 9.17) is 5.11 Å². The van der Waals surface area contributed by atoms with Gasteiger partial charge in [0.15, 0.2) is 5.78 Å². The standard InChI is InChI=1S/C11H13BrO2/c12-8-11(14)10-5-1-3-9(7-10)4-2-6-13/h1,3,5,7,13H,2,4,6,8H2. The molecule has 0 radical (unpaired) electrons. The van der Waals surface area contributed by atoms with E-state index < -0.39 is 0 Å². The Bertz CT molecular complexity index is 310. The van der Waals surface area contributed by atoms with E-state index in [1.54, 1.807) is 0 Å². The molecule has 0 aliphatic carbocycles. The van der Waals surface area contributed by atoms with Gasteiger partial charge in [-0.25, -0.2) is 0 Å². The van der Waals surface area contributed by atoms with Gasteiger partial charge in [-0.15, -0.1) is 0 Å². The topological polar surface area (TPSA) is 37.3 Å². The monoisotopic (exact) mass is 256 g/mol. The van der Waals surface area contributed by atoms with Crippen LogP contribution in [0.5, 0.6) is 0 Å². The fourth-order valence-electron chi connectivity index (χ4n) is 1.26. The van der Waals surface area contributed by atoms with Crippen molar-refractivity contribution in [1.82, 2.24) is 0 Å². The van der Waals surface area contributed by atoms with E-state index in [1.807, 2.05) is 24.3 Å². The minimum atomic E-state index is 0.0934. The van der Waals surface area contributed by atoms with Gasteiger partial charge in [-0.1, -0.05) is 34.1 Å². The molecule has 0 saturated carbocycles. The number of ketones is 1. The summed E-state index contributed by atoms with van der Waals surface area (Å²) in [4.78, 5) is 11.3. The van der Waals surface area contributed by atoms with Crippen LogP contribution in [0.1, 0.15) is 22.3 Å². The number of halogens is 1. The van der Waals surface area contributed by atoms with Crippen LogP contribution in [-0.2, 0) is 6.42 Å². The van der Waals surface area contributed by atoms with Crippen LogP contribution in [-0.4, -0.2) is 22.8 Å². The highest BCUT2D eigenvalue weighted by molar-refractivity contribution is 9.09. The Labute approximate surface area is 92.1 Å². The number of Topliss-reactive ketones (excluding diaryl/α,β-unsaturated/α-hetero) is 1. The third kappa shape index (κ3) is 3.24. The minimum Gasteiger partial charge on any atom is -0.396 e. The van der Waals surface area contributed by atoms with Crippen LogP contribution < -0.4 is 0 Å². The van der Waals surface area contributed by atoms with Crippen molar-refractivity contribution >= 4 is 21.7 Å². The van der Waals surface area contributed by atoms with Gasteiger partial charge < -0.3 is 5.11 Å². The highest BCUT2D eigenvalue weighted by Gasteiger charge is 2.03. The van der Waals surface area contributed by atoms with Gasteiger partial charge in [0.1, 0.15) is 0 Å². The SMILES string of the molecule is O=C(CBr)c1cccc(CCCO)c1. The number of carbonyl (C=O) groups excluding carboxylic acids is 1. The second kappa shape index (κ2) is 5.94. The first kappa shape index (κ1) is 11.4. The lowest BCUT2D eigenvalue weighted by molar-refractivity contribution is 0.102. The van der Waals surface area contributed by atoms with Gasteiger partial charge >= 0.3 is 0 Å². The highest BCUT2D eigenvalue weighted by atomic mass is 79.9. The Morgan fingerprint density at radius 2 is 2.21 bits per heavy atom. The molecule has 1 aromatic carbocycles. The molecule has 2 nitrogen and oxygen atoms in total. The summed E-state index contributed by atoms with van der Waals surface area (Å²) in [6.07, 6.45) is 1.56. The van der Waals surface area contributed by atoms with Crippen molar-refractivity contribution in [1.29, 1.82) is 0 Å². The lowest BCUT2D eigenvalue weighted by Gasteiger charge is -2.02. The number of carbonyl (C=O) groups is 1. The molecule has 0 aromatic heterocycles. The second-order valence-corrected chi connectivity index (χ2v) is 3.65. The predicted molar refractivity (Wildman–Crippen MR) is 60.0 cm³/mol. The van der Waals surface area contributed by atoms with E-state index in [0.29, 0.717) is 5.33 Å². The molecule has 0 spiro atoms. The number of aliphatic hydroxyl groups is 1. The summed E-state index contributed by atoms with van der Waals surface area (Å²) in [6.45, 7) is 0.191. The molecule has 0 unspecified atom stereocenters. The summed E-state index contributed by atoms with van der Waals surface area (Å²) < 4.78 is 0. The number of alkyl halides is 1. The van der Waals surface area contributed by atoms with Gasteiger partial charge in [-0.3, -0.25) is 4.79 Å². The molecule has 0 fully saturated rings. The van der Waals surface area contributed by atoms with Crippen molar-refractivity contribution < 1.29 is 9.90 Å². The predicted octanol–water partition coefficient (Wildman–Crippen LogP) is 2.19. The molecule has 0 atom stereocenters. The summed E-state index contributed by atoms with van der Waals surface area (Å²) in [5.41, 5.74) is 1.84. The van der Waals surface area contributed by atoms with Crippen molar-refractivity contribution in [3.8, 4) is 0 Å². The fourth-order valence-corrected chi connectivity index (χ4v) is 1.58. The Kier molecular flexibility index (Phi) is 4.84. The van der Waals surface area contributed by atoms with E-state index >= 15 is 0 Å². The summed E-state index contributed by atoms with van der Waals surface area (Å²) in [7, 11) is 0. The normalized spacial score (nSPS) is 10.1. The van der Waals surface area contributed by atoms with Crippen LogP contribution >= 0.6 is 15.9 Å². The molecule has 3 heteroatoms. The maximum atomic E-state index is 11.3. The zero-order valence-corrected chi connectivity index (χ0v) is 9.46. The summed E-state index contributed by atoms with van der Waals surface area (Å²) in [6, 6.07) is 7.55. The quantitative estimate of drug-likeness (QED) is 0.648. The maximum Gasteiger partial charge on any atom is 0.173 e. The largest absolute Gasteiger partial charge is 0.396 e. The van der Waals surface area contributed by atoms with E-state index in [-0.39, 0.29) is 12.4 Å². The second-order valence-electron chi connectivity index (χ2n) is 3.08. The molecule has 0 aliphatic rings. The molecule has 1 aromatic rings. The first-order valence-electron chi connectivity index (χ1n) is 4.57. The smallest absolute Gasteiger partial charge is 0.173 e. The minimum absolute atomic E-state index is 0.0934. The molecular weight excluding hydrogens is 244 g/mol. The molecular formula is C11H13BrO2. The first-order chi connectivity index (χ1) is 6.77. The molecule has 0 amide bonds. The molecule has 1 rings (SSSR count). The first-order valence-corrected chi connectivity index (χ1v) is 5.69. The molecule has 0 aliphatic heterocycles. The molecule has 0 heterocycles. The van der Waals surface area contributed by atoms with Crippen molar-refractivity contribution in [2.24, 2.45) is 0 Å². The van der Waals surface area contributed by atoms with E-state index in [0.717, 1.165) is 24.0 Å². The fraction of sp³-hybridized carbons (Fsp3) is 0.364. The number of aliphatic hydroxyl groups excluding tert-OH is 1. The van der Waals surface area contributed by atoms with Crippen LogP contribution in [0.3, 0.4) is 0 Å². The van der Waals surface area contributed by atoms with Gasteiger partial charge in [0.25, 0.3) is 0 Å². The summed E-state index contributed by atoms with van der Waals surface area (Å²) in [5, 5.41) is 9.04. The average Bonchev–Trinajstić information content (AvgIpc) is 2.25. The summed E-state index contributed by atoms with van der Waals surface area (Å²) >= 11 is 3.14. The third-order valence-electron chi connectivity index (χ3n) is 1.99. The van der Waals surface area contributed by atoms with Crippen molar-refractivity contribution in [3.63, 3.8) is 0 Å². The van der Waals surface area contributed by atoms with Crippen LogP contribution in [0.15, 0.2) is 24.3 Å². The lowest BCUT2D eigenvalue weighted by Crippen LogP contribution is -2.00. The van der Waals surface area contributed by atoms with Crippen LogP contribution in [0.2, 0.25) is 0 Å². The number of hydrogen-bond donors (Lipinski definition) is 1. The van der Waals surface area contributed by atoms with Gasteiger partial charge in [0.2, 0.25) is 0 Å². The van der Waals surface area contributed by atoms with Crippen LogP contribution in [0.25, 0.3) is 0 Å². The van der Waals surface area contributed by atoms with Gasteiger partial charge in [-0.05, 0) is 24.5 Å². The summed E-state index contributed by atoms with van der Waals surface area (Å²) in [5.74, 6) is 0.0934. The Balaban J connectivity index is 2.73. The van der Waals surface area contributed by atoms with Crippen LogP contribution in [0.4, 0.5) is 0 Å². The van der Waals surface area contributed by atoms with E-state index in [1.165, 1.54) is 0 Å². The lowest BCUT2D eigenvalue weighted by atomic mass is 10.0. The average molecular weight is 257 g/mol. The molecule has 1 N–H and O–H groups in total. The zero-order chi connectivity index (χ0) is 10.4. The van der Waals surface area contributed by atoms with Crippen molar-refractivity contribution in [2.45, 2.75) is 12.8 Å². The molecule has 0 bridgehead atoms. The number of rotatable bonds is 5. The van der Waals surface area contributed by atoms with Gasteiger partial charge in [0, 0.05) is 12.2 Å². The zero-order valence-electron chi connectivity index (χ0n) is 7.87. The number of benzene rings is 1.